The molecule has 4 N–H and O–H groups in total. The maximum absolute atomic E-state index is 12.8. The number of likely N-dealkylation sites (tertiary alicyclic amines) is 2. The van der Waals surface area contributed by atoms with Crippen molar-refractivity contribution in [3.63, 3.8) is 0 Å². The molecule has 3 aliphatic rings. The minimum absolute atomic E-state index is 0.0352. The van der Waals surface area contributed by atoms with Crippen molar-refractivity contribution in [2.75, 3.05) is 39.4 Å². The maximum atomic E-state index is 12.8. The number of rotatable bonds is 6. The van der Waals surface area contributed by atoms with E-state index in [1.807, 2.05) is 23.1 Å². The summed E-state index contributed by atoms with van der Waals surface area (Å²) < 4.78 is 0. The molecular weight excluding hydrogens is 406 g/mol. The van der Waals surface area contributed by atoms with Crippen LogP contribution < -0.4 is 11.1 Å². The van der Waals surface area contributed by atoms with E-state index in [-0.39, 0.29) is 29.9 Å². The second kappa shape index (κ2) is 9.87. The van der Waals surface area contributed by atoms with E-state index in [4.69, 9.17) is 5.73 Å². The van der Waals surface area contributed by atoms with Gasteiger partial charge < -0.3 is 20.6 Å². The first kappa shape index (κ1) is 23.2. The zero-order valence-electron chi connectivity index (χ0n) is 19.1. The molecule has 1 aromatic carbocycles. The smallest absolute Gasteiger partial charge is 0.226 e. The SMILES string of the molecule is C[C@H](CC(=O)N1CCC(O)(CN2CNC(N3CC[C@H](N)C3)CC2=O)CC1)c1ccccc1. The summed E-state index contributed by atoms with van der Waals surface area (Å²) in [7, 11) is 0. The molecule has 3 heterocycles. The number of hydrogen-bond donors (Lipinski definition) is 3. The van der Waals surface area contributed by atoms with Gasteiger partial charge >= 0.3 is 0 Å². The Bertz CT molecular complexity index is 796. The van der Waals surface area contributed by atoms with Gasteiger partial charge in [-0.05, 0) is 30.7 Å². The van der Waals surface area contributed by atoms with E-state index < -0.39 is 5.60 Å². The molecule has 3 aliphatic heterocycles. The number of benzene rings is 1. The average molecular weight is 444 g/mol. The van der Waals surface area contributed by atoms with Crippen molar-refractivity contribution >= 4 is 11.8 Å². The average Bonchev–Trinajstić information content (AvgIpc) is 3.22. The van der Waals surface area contributed by atoms with Crippen LogP contribution in [0.3, 0.4) is 0 Å². The molecular formula is C24H37N5O3. The summed E-state index contributed by atoms with van der Waals surface area (Å²) in [6, 6.07) is 10.3. The summed E-state index contributed by atoms with van der Waals surface area (Å²) in [5.74, 6) is 0.364. The fourth-order valence-electron chi connectivity index (χ4n) is 5.15. The summed E-state index contributed by atoms with van der Waals surface area (Å²) in [4.78, 5) is 31.3. The van der Waals surface area contributed by atoms with E-state index in [1.165, 1.54) is 5.56 Å². The van der Waals surface area contributed by atoms with Crippen LogP contribution in [0.5, 0.6) is 0 Å². The number of aliphatic hydroxyl groups is 1. The Morgan fingerprint density at radius 2 is 1.97 bits per heavy atom. The Balaban J connectivity index is 1.23. The first-order valence-corrected chi connectivity index (χ1v) is 11.9. The summed E-state index contributed by atoms with van der Waals surface area (Å²) in [5.41, 5.74) is 6.22. The van der Waals surface area contributed by atoms with Crippen LogP contribution in [0.1, 0.15) is 50.5 Å². The molecule has 8 heteroatoms. The molecule has 0 aromatic heterocycles. The lowest BCUT2D eigenvalue weighted by Gasteiger charge is -2.44. The van der Waals surface area contributed by atoms with Gasteiger partial charge in [-0.2, -0.15) is 0 Å². The van der Waals surface area contributed by atoms with Gasteiger partial charge in [0.25, 0.3) is 0 Å². The molecule has 176 valence electrons. The lowest BCUT2D eigenvalue weighted by atomic mass is 9.89. The van der Waals surface area contributed by atoms with Crippen LogP contribution >= 0.6 is 0 Å². The van der Waals surface area contributed by atoms with Gasteiger partial charge in [0, 0.05) is 38.6 Å². The first-order chi connectivity index (χ1) is 15.3. The lowest BCUT2D eigenvalue weighted by Crippen LogP contribution is -2.61. The third-order valence-corrected chi connectivity index (χ3v) is 7.32. The van der Waals surface area contributed by atoms with Crippen molar-refractivity contribution < 1.29 is 14.7 Å². The largest absolute Gasteiger partial charge is 0.388 e. The quantitative estimate of drug-likeness (QED) is 0.597. The van der Waals surface area contributed by atoms with E-state index in [1.54, 1.807) is 4.90 Å². The second-order valence-corrected chi connectivity index (χ2v) is 9.84. The van der Waals surface area contributed by atoms with E-state index in [0.717, 1.165) is 19.5 Å². The number of piperidine rings is 1. The summed E-state index contributed by atoms with van der Waals surface area (Å²) in [6.07, 6.45) is 2.87. The van der Waals surface area contributed by atoms with Crippen LogP contribution in [0, 0.1) is 0 Å². The fraction of sp³-hybridized carbons (Fsp3) is 0.667. The minimum atomic E-state index is -0.942. The number of carbonyl (C=O) groups excluding carboxylic acids is 2. The second-order valence-electron chi connectivity index (χ2n) is 9.84. The van der Waals surface area contributed by atoms with Gasteiger partial charge in [-0.25, -0.2) is 0 Å². The molecule has 0 saturated carbocycles. The zero-order chi connectivity index (χ0) is 22.7. The van der Waals surface area contributed by atoms with Gasteiger partial charge in [0.2, 0.25) is 11.8 Å². The Hall–Kier alpha value is -2.00. The van der Waals surface area contributed by atoms with Crippen molar-refractivity contribution in [1.82, 2.24) is 20.0 Å². The highest BCUT2D eigenvalue weighted by atomic mass is 16.3. The fourth-order valence-corrected chi connectivity index (χ4v) is 5.15. The molecule has 0 radical (unpaired) electrons. The highest BCUT2D eigenvalue weighted by Gasteiger charge is 2.39. The first-order valence-electron chi connectivity index (χ1n) is 11.9. The van der Waals surface area contributed by atoms with Crippen LogP contribution in [0.4, 0.5) is 0 Å². The minimum Gasteiger partial charge on any atom is -0.388 e. The topological polar surface area (TPSA) is 102 Å². The Morgan fingerprint density at radius 1 is 1.25 bits per heavy atom. The Kier molecular flexibility index (Phi) is 7.14. The third kappa shape index (κ3) is 5.49. The molecule has 1 aromatic rings. The lowest BCUT2D eigenvalue weighted by molar-refractivity contribution is -0.146. The molecule has 0 bridgehead atoms. The molecule has 3 atom stereocenters. The third-order valence-electron chi connectivity index (χ3n) is 7.32. The van der Waals surface area contributed by atoms with Crippen molar-refractivity contribution in [3.8, 4) is 0 Å². The highest BCUT2D eigenvalue weighted by Crippen LogP contribution is 2.27. The predicted octanol–water partition coefficient (Wildman–Crippen LogP) is 0.672. The zero-order valence-corrected chi connectivity index (χ0v) is 19.1. The van der Waals surface area contributed by atoms with Crippen molar-refractivity contribution in [2.24, 2.45) is 5.73 Å². The molecule has 4 rings (SSSR count). The van der Waals surface area contributed by atoms with Gasteiger partial charge in [-0.1, -0.05) is 37.3 Å². The van der Waals surface area contributed by atoms with Gasteiger partial charge in [-0.15, -0.1) is 0 Å². The molecule has 0 aliphatic carbocycles. The molecule has 3 fully saturated rings. The van der Waals surface area contributed by atoms with Gasteiger partial charge in [-0.3, -0.25) is 19.8 Å². The number of carbonyl (C=O) groups is 2. The standard InChI is InChI=1S/C24H37N5O3/c1-18(19-5-3-2-4-6-19)13-22(30)27-11-8-24(32,9-12-27)16-29-17-26-21(14-23(29)31)28-10-7-20(25)15-28/h2-6,18,20-21,26,32H,7-17,25H2,1H3/t18-,20+,21?/m1/s1. The van der Waals surface area contributed by atoms with Gasteiger partial charge in [0.1, 0.15) is 0 Å². The number of nitrogens with zero attached hydrogens (tertiary/aromatic N) is 3. The number of nitrogens with one attached hydrogen (secondary N) is 1. The van der Waals surface area contributed by atoms with E-state index in [9.17, 15) is 14.7 Å². The van der Waals surface area contributed by atoms with Crippen LogP contribution in [0.25, 0.3) is 0 Å². The van der Waals surface area contributed by atoms with Gasteiger partial charge in [0.15, 0.2) is 0 Å². The van der Waals surface area contributed by atoms with Gasteiger partial charge in [0.05, 0.1) is 31.4 Å². The predicted molar refractivity (Wildman–Crippen MR) is 123 cm³/mol. The summed E-state index contributed by atoms with van der Waals surface area (Å²) >= 11 is 0. The molecule has 2 amide bonds. The number of nitrogens with two attached hydrogens (primary N) is 1. The van der Waals surface area contributed by atoms with E-state index in [2.05, 4.69) is 29.3 Å². The Labute approximate surface area is 190 Å². The van der Waals surface area contributed by atoms with Crippen LogP contribution in [-0.2, 0) is 9.59 Å². The molecule has 8 nitrogen and oxygen atoms in total. The van der Waals surface area contributed by atoms with E-state index >= 15 is 0 Å². The van der Waals surface area contributed by atoms with Crippen LogP contribution in [-0.4, -0.2) is 88.8 Å². The number of hydrogen-bond acceptors (Lipinski definition) is 6. The summed E-state index contributed by atoms with van der Waals surface area (Å²) in [6.45, 7) is 5.62. The van der Waals surface area contributed by atoms with Crippen molar-refractivity contribution in [3.05, 3.63) is 35.9 Å². The van der Waals surface area contributed by atoms with Crippen LogP contribution in [0.2, 0.25) is 0 Å². The monoisotopic (exact) mass is 443 g/mol. The molecule has 32 heavy (non-hydrogen) atoms. The highest BCUT2D eigenvalue weighted by molar-refractivity contribution is 5.78. The normalized spacial score (nSPS) is 27.5. The number of β-amino-alcohol motifs (C(OH)–C–C–N with tert-alkyl or cyclic N) is 1. The van der Waals surface area contributed by atoms with Crippen molar-refractivity contribution in [1.29, 1.82) is 0 Å². The molecule has 3 saturated heterocycles. The molecule has 1 unspecified atom stereocenters. The summed E-state index contributed by atoms with van der Waals surface area (Å²) in [5, 5.41) is 14.6. The number of amides is 2. The Morgan fingerprint density at radius 3 is 2.59 bits per heavy atom. The van der Waals surface area contributed by atoms with Crippen LogP contribution in [0.15, 0.2) is 30.3 Å². The molecule has 0 spiro atoms. The van der Waals surface area contributed by atoms with Crippen molar-refractivity contribution in [2.45, 2.75) is 62.8 Å². The van der Waals surface area contributed by atoms with E-state index in [0.29, 0.717) is 52.0 Å². The maximum Gasteiger partial charge on any atom is 0.226 e.